The number of hydrogen-bond donors (Lipinski definition) is 0. The van der Waals surface area contributed by atoms with Crippen LogP contribution in [0, 0.1) is 12.3 Å². The minimum absolute atomic E-state index is 0.500. The zero-order valence-corrected chi connectivity index (χ0v) is 21.7. The van der Waals surface area contributed by atoms with Crippen LogP contribution in [0.25, 0.3) is 10.8 Å². The van der Waals surface area contributed by atoms with Crippen LogP contribution in [0.5, 0.6) is 5.75 Å². The van der Waals surface area contributed by atoms with E-state index in [0.29, 0.717) is 6.61 Å². The van der Waals surface area contributed by atoms with Crippen LogP contribution in [0.3, 0.4) is 0 Å². The monoisotopic (exact) mass is 500 g/mol. The number of hydrogen-bond acceptors (Lipinski definition) is 5. The maximum absolute atomic E-state index is 12.8. The largest absolute Gasteiger partial charge is 0.497 e. The van der Waals surface area contributed by atoms with Crippen molar-refractivity contribution in [3.05, 3.63) is 90.0 Å². The molecule has 0 radical (unpaired) electrons. The van der Waals surface area contributed by atoms with E-state index in [-0.39, 0.29) is 0 Å². The van der Waals surface area contributed by atoms with Crippen LogP contribution in [0.15, 0.2) is 78.9 Å². The predicted molar refractivity (Wildman–Crippen MR) is 147 cm³/mol. The summed E-state index contributed by atoms with van der Waals surface area (Å²) in [5, 5.41) is 2.13. The zero-order chi connectivity index (χ0) is 26.3. The molecule has 0 aliphatic carbocycles. The smallest absolute Gasteiger partial charge is 0.341 e. The number of rotatable bonds is 15. The Bertz CT molecular complexity index is 1180. The minimum atomic E-state index is -0.833. The Balaban J connectivity index is 1.32. The van der Waals surface area contributed by atoms with Gasteiger partial charge in [0.15, 0.2) is 12.2 Å². The lowest BCUT2D eigenvalue weighted by Gasteiger charge is -2.17. The van der Waals surface area contributed by atoms with Gasteiger partial charge in [0.25, 0.3) is 0 Å². The second kappa shape index (κ2) is 15.5. The number of fused-ring (bicyclic) bond motifs is 1. The van der Waals surface area contributed by atoms with Crippen molar-refractivity contribution in [1.29, 1.82) is 0 Å². The Hall–Kier alpha value is -3.59. The van der Waals surface area contributed by atoms with Gasteiger partial charge in [-0.3, -0.25) is 0 Å². The third kappa shape index (κ3) is 9.09. The molecular weight excluding hydrogens is 464 g/mol. The molecule has 0 saturated heterocycles. The van der Waals surface area contributed by atoms with Crippen LogP contribution < -0.4 is 4.74 Å². The quantitative estimate of drug-likeness (QED) is 0.0994. The fourth-order valence-electron chi connectivity index (χ4n) is 4.01. The van der Waals surface area contributed by atoms with Crippen molar-refractivity contribution in [2.75, 3.05) is 20.8 Å². The fraction of sp³-hybridized carbons (Fsp3) is 0.344. The number of carbonyl (C=O) groups is 1. The first-order valence-corrected chi connectivity index (χ1v) is 12.7. The van der Waals surface area contributed by atoms with E-state index in [2.05, 4.69) is 5.92 Å². The molecule has 5 nitrogen and oxygen atoms in total. The molecular formula is C32H36O5. The lowest BCUT2D eigenvalue weighted by atomic mass is 10.0. The van der Waals surface area contributed by atoms with Gasteiger partial charge in [-0.05, 0) is 65.4 Å². The Morgan fingerprint density at radius 3 is 2.43 bits per heavy atom. The Morgan fingerprint density at radius 1 is 0.946 bits per heavy atom. The van der Waals surface area contributed by atoms with Gasteiger partial charge < -0.3 is 18.9 Å². The third-order valence-electron chi connectivity index (χ3n) is 6.08. The molecule has 3 aromatic carbocycles. The van der Waals surface area contributed by atoms with E-state index in [1.165, 1.54) is 7.11 Å². The normalized spacial score (nSPS) is 12.8. The van der Waals surface area contributed by atoms with Gasteiger partial charge in [0.2, 0.25) is 0 Å². The molecule has 0 saturated carbocycles. The molecule has 0 fully saturated rings. The van der Waals surface area contributed by atoms with Crippen LogP contribution in [-0.4, -0.2) is 32.9 Å². The van der Waals surface area contributed by atoms with Crippen LogP contribution in [0.2, 0.25) is 0 Å². The first kappa shape index (κ1) is 28.0. The highest BCUT2D eigenvalue weighted by molar-refractivity contribution is 5.85. The van der Waals surface area contributed by atoms with Gasteiger partial charge in [0.1, 0.15) is 5.75 Å². The van der Waals surface area contributed by atoms with Gasteiger partial charge >= 0.3 is 5.97 Å². The maximum atomic E-state index is 12.8. The van der Waals surface area contributed by atoms with Crippen molar-refractivity contribution >= 4 is 16.7 Å². The van der Waals surface area contributed by atoms with E-state index in [1.807, 2.05) is 72.8 Å². The van der Waals surface area contributed by atoms with Gasteiger partial charge in [0.05, 0.1) is 13.7 Å². The van der Waals surface area contributed by atoms with Gasteiger partial charge in [-0.2, -0.15) is 0 Å². The molecule has 5 heteroatoms. The highest BCUT2D eigenvalue weighted by Gasteiger charge is 2.24. The van der Waals surface area contributed by atoms with E-state index in [0.717, 1.165) is 66.4 Å². The van der Waals surface area contributed by atoms with E-state index < -0.39 is 18.2 Å². The zero-order valence-electron chi connectivity index (χ0n) is 21.7. The summed E-state index contributed by atoms with van der Waals surface area (Å²) in [5.74, 6) is 2.88. The molecule has 0 spiro atoms. The molecule has 0 N–H and O–H groups in total. The number of benzene rings is 3. The van der Waals surface area contributed by atoms with E-state index in [9.17, 15) is 4.79 Å². The molecule has 3 aromatic rings. The number of allylic oxidation sites excluding steroid dienone is 1. The molecule has 0 aromatic heterocycles. The summed E-state index contributed by atoms with van der Waals surface area (Å²) in [7, 11) is 3.15. The van der Waals surface area contributed by atoms with Gasteiger partial charge in [-0.1, -0.05) is 73.4 Å². The van der Waals surface area contributed by atoms with Gasteiger partial charge in [-0.25, -0.2) is 4.79 Å². The van der Waals surface area contributed by atoms with Crippen molar-refractivity contribution in [3.8, 4) is 18.1 Å². The van der Waals surface area contributed by atoms with Gasteiger partial charge in [-0.15, -0.1) is 6.42 Å². The SMILES string of the molecule is C#C[C@H](/C=C/CCCCCCOCc1ccc(OC)cc1)OC(=O)[C@@H](OC)c1ccc2ccccc2c1. The number of esters is 1. The second-order valence-electron chi connectivity index (χ2n) is 8.78. The van der Waals surface area contributed by atoms with Crippen LogP contribution >= 0.6 is 0 Å². The summed E-state index contributed by atoms with van der Waals surface area (Å²) in [6.45, 7) is 1.36. The number of terminal acetylenes is 1. The minimum Gasteiger partial charge on any atom is -0.497 e. The van der Waals surface area contributed by atoms with Crippen molar-refractivity contribution in [3.63, 3.8) is 0 Å². The van der Waals surface area contributed by atoms with E-state index in [1.54, 1.807) is 13.2 Å². The lowest BCUT2D eigenvalue weighted by Crippen LogP contribution is -2.22. The summed E-state index contributed by atoms with van der Waals surface area (Å²) >= 11 is 0. The van der Waals surface area contributed by atoms with Crippen molar-refractivity contribution in [1.82, 2.24) is 0 Å². The Labute approximate surface area is 220 Å². The average molecular weight is 501 g/mol. The fourth-order valence-corrected chi connectivity index (χ4v) is 4.01. The van der Waals surface area contributed by atoms with Crippen LogP contribution in [-0.2, 0) is 25.6 Å². The summed E-state index contributed by atoms with van der Waals surface area (Å²) in [6, 6.07) is 21.7. The van der Waals surface area contributed by atoms with Crippen molar-refractivity contribution < 1.29 is 23.7 Å². The predicted octanol–water partition coefficient (Wildman–Crippen LogP) is 6.80. The average Bonchev–Trinajstić information content (AvgIpc) is 2.94. The summed E-state index contributed by atoms with van der Waals surface area (Å²) in [6.07, 6.45) is 12.9. The number of methoxy groups -OCH3 is 2. The third-order valence-corrected chi connectivity index (χ3v) is 6.08. The topological polar surface area (TPSA) is 54.0 Å². The standard InChI is InChI=1S/C32H36O5/c1-4-29(37-32(33)31(35-3)28-19-18-26-13-10-11-14-27(26)23-28)15-9-7-5-6-8-12-22-36-24-25-16-20-30(34-2)21-17-25/h1,9-11,13-21,23,29,31H,5-8,12,22,24H2,2-3H3/b15-9+/t29-,31+/m1/s1. The van der Waals surface area contributed by atoms with E-state index in [4.69, 9.17) is 25.4 Å². The highest BCUT2D eigenvalue weighted by atomic mass is 16.6. The first-order valence-electron chi connectivity index (χ1n) is 12.7. The Morgan fingerprint density at radius 2 is 1.70 bits per heavy atom. The van der Waals surface area contributed by atoms with Crippen LogP contribution in [0.4, 0.5) is 0 Å². The molecule has 3 rings (SSSR count). The van der Waals surface area contributed by atoms with Gasteiger partial charge in [0, 0.05) is 13.7 Å². The first-order chi connectivity index (χ1) is 18.1. The number of ether oxygens (including phenoxy) is 4. The summed E-state index contributed by atoms with van der Waals surface area (Å²) < 4.78 is 21.9. The van der Waals surface area contributed by atoms with E-state index >= 15 is 0 Å². The van der Waals surface area contributed by atoms with Crippen molar-refractivity contribution in [2.45, 2.75) is 50.9 Å². The van der Waals surface area contributed by atoms with Crippen molar-refractivity contribution in [2.24, 2.45) is 0 Å². The van der Waals surface area contributed by atoms with Crippen LogP contribution in [0.1, 0.15) is 49.3 Å². The molecule has 0 bridgehead atoms. The Kier molecular flexibility index (Phi) is 11.7. The maximum Gasteiger partial charge on any atom is 0.341 e. The summed E-state index contributed by atoms with van der Waals surface area (Å²) in [5.41, 5.74) is 1.88. The summed E-state index contributed by atoms with van der Waals surface area (Å²) in [4.78, 5) is 12.8. The second-order valence-corrected chi connectivity index (χ2v) is 8.78. The molecule has 0 aliphatic rings. The molecule has 2 atom stereocenters. The molecule has 37 heavy (non-hydrogen) atoms. The molecule has 0 aliphatic heterocycles. The highest BCUT2D eigenvalue weighted by Crippen LogP contribution is 2.24. The molecule has 0 amide bonds. The molecule has 0 unspecified atom stereocenters. The molecule has 194 valence electrons. The lowest BCUT2D eigenvalue weighted by molar-refractivity contribution is -0.157. The number of carbonyl (C=O) groups excluding carboxylic acids is 1. The molecule has 0 heterocycles. The number of unbranched alkanes of at least 4 members (excludes halogenated alkanes) is 4.